The molecular formula is C17H26N2O3S. The van der Waals surface area contributed by atoms with E-state index in [0.29, 0.717) is 6.42 Å². The Bertz CT molecular complexity index is 596. The first-order valence-corrected chi connectivity index (χ1v) is 9.96. The molecule has 0 unspecified atom stereocenters. The van der Waals surface area contributed by atoms with Crippen LogP contribution in [0.25, 0.3) is 0 Å². The van der Waals surface area contributed by atoms with Gasteiger partial charge in [0.25, 0.3) is 0 Å². The van der Waals surface area contributed by atoms with E-state index in [4.69, 9.17) is 0 Å². The fraction of sp³-hybridized carbons (Fsp3) is 0.588. The number of hydrogen-bond donors (Lipinski definition) is 1. The van der Waals surface area contributed by atoms with E-state index in [1.807, 2.05) is 30.3 Å². The highest BCUT2D eigenvalue weighted by atomic mass is 32.2. The molecule has 1 saturated heterocycles. The van der Waals surface area contributed by atoms with Crippen LogP contribution in [-0.4, -0.2) is 44.1 Å². The molecule has 0 aliphatic carbocycles. The molecule has 1 aromatic rings. The molecule has 1 atom stereocenters. The summed E-state index contributed by atoms with van der Waals surface area (Å²) in [6.45, 7) is 3.10. The Hall–Kier alpha value is -1.40. The topological polar surface area (TPSA) is 66.5 Å². The van der Waals surface area contributed by atoms with Crippen molar-refractivity contribution in [3.8, 4) is 0 Å². The smallest absolute Gasteiger partial charge is 0.240 e. The third-order valence-corrected chi connectivity index (χ3v) is 5.65. The van der Waals surface area contributed by atoms with Crippen molar-refractivity contribution in [1.82, 2.24) is 9.62 Å². The SMILES string of the molecule is C[C@@H](NS(=O)(=O)CCCc1ccccc1)C(=O)N1CCCCC1. The average Bonchev–Trinajstić information content (AvgIpc) is 2.55. The zero-order chi connectivity index (χ0) is 16.7. The molecule has 1 fully saturated rings. The van der Waals surface area contributed by atoms with E-state index in [0.717, 1.165) is 44.3 Å². The maximum atomic E-state index is 12.3. The van der Waals surface area contributed by atoms with Crippen LogP contribution in [0.1, 0.15) is 38.2 Å². The molecular weight excluding hydrogens is 312 g/mol. The molecule has 0 saturated carbocycles. The lowest BCUT2D eigenvalue weighted by Crippen LogP contribution is -2.48. The number of aryl methyl sites for hydroxylation is 1. The van der Waals surface area contributed by atoms with Crippen LogP contribution in [0.2, 0.25) is 0 Å². The summed E-state index contributed by atoms with van der Waals surface area (Å²) in [6, 6.07) is 9.12. The quantitative estimate of drug-likeness (QED) is 0.826. The van der Waals surface area contributed by atoms with Gasteiger partial charge in [-0.1, -0.05) is 30.3 Å². The lowest BCUT2D eigenvalue weighted by Gasteiger charge is -2.29. The molecule has 1 heterocycles. The van der Waals surface area contributed by atoms with Crippen LogP contribution in [0.4, 0.5) is 0 Å². The van der Waals surface area contributed by atoms with Gasteiger partial charge in [0.1, 0.15) is 0 Å². The molecule has 1 amide bonds. The third kappa shape index (κ3) is 5.95. The van der Waals surface area contributed by atoms with Crippen molar-refractivity contribution >= 4 is 15.9 Å². The van der Waals surface area contributed by atoms with Crippen LogP contribution in [0.15, 0.2) is 30.3 Å². The Morgan fingerprint density at radius 1 is 1.17 bits per heavy atom. The van der Waals surface area contributed by atoms with Crippen LogP contribution in [-0.2, 0) is 21.2 Å². The number of carbonyl (C=O) groups excluding carboxylic acids is 1. The first kappa shape index (κ1) is 17.9. The summed E-state index contributed by atoms with van der Waals surface area (Å²) in [4.78, 5) is 14.0. The Labute approximate surface area is 139 Å². The number of likely N-dealkylation sites (tertiary alicyclic amines) is 1. The van der Waals surface area contributed by atoms with E-state index in [9.17, 15) is 13.2 Å². The maximum absolute atomic E-state index is 12.3. The molecule has 1 aliphatic rings. The molecule has 0 aromatic heterocycles. The van der Waals surface area contributed by atoms with Gasteiger partial charge in [-0.15, -0.1) is 0 Å². The van der Waals surface area contributed by atoms with E-state index >= 15 is 0 Å². The Kier molecular flexibility index (Phi) is 6.59. The van der Waals surface area contributed by atoms with E-state index in [1.165, 1.54) is 0 Å². The van der Waals surface area contributed by atoms with Crippen molar-refractivity contribution < 1.29 is 13.2 Å². The Morgan fingerprint density at radius 3 is 2.48 bits per heavy atom. The number of hydrogen-bond acceptors (Lipinski definition) is 3. The molecule has 1 aliphatic heterocycles. The predicted molar refractivity (Wildman–Crippen MR) is 91.6 cm³/mol. The fourth-order valence-electron chi connectivity index (χ4n) is 2.88. The Balaban J connectivity index is 1.79. The third-order valence-electron chi connectivity index (χ3n) is 4.12. The van der Waals surface area contributed by atoms with Gasteiger partial charge in [0.2, 0.25) is 15.9 Å². The van der Waals surface area contributed by atoms with Gasteiger partial charge < -0.3 is 4.90 Å². The number of amides is 1. The van der Waals surface area contributed by atoms with E-state index in [-0.39, 0.29) is 11.7 Å². The predicted octanol–water partition coefficient (Wildman–Crippen LogP) is 1.94. The van der Waals surface area contributed by atoms with Gasteiger partial charge >= 0.3 is 0 Å². The first-order chi connectivity index (χ1) is 11.0. The molecule has 2 rings (SSSR count). The molecule has 128 valence electrons. The van der Waals surface area contributed by atoms with Crippen molar-refractivity contribution in [2.45, 2.75) is 45.1 Å². The summed E-state index contributed by atoms with van der Waals surface area (Å²) in [5, 5.41) is 0. The molecule has 23 heavy (non-hydrogen) atoms. The molecule has 1 N–H and O–H groups in total. The van der Waals surface area contributed by atoms with Gasteiger partial charge in [-0.2, -0.15) is 0 Å². The second-order valence-corrected chi connectivity index (χ2v) is 8.01. The highest BCUT2D eigenvalue weighted by Gasteiger charge is 2.25. The minimum Gasteiger partial charge on any atom is -0.341 e. The minimum atomic E-state index is -3.43. The molecule has 6 heteroatoms. The summed E-state index contributed by atoms with van der Waals surface area (Å²) in [5.41, 5.74) is 1.13. The number of sulfonamides is 1. The number of piperidine rings is 1. The van der Waals surface area contributed by atoms with Gasteiger partial charge in [0, 0.05) is 13.1 Å². The second-order valence-electron chi connectivity index (χ2n) is 6.13. The lowest BCUT2D eigenvalue weighted by molar-refractivity contribution is -0.133. The number of nitrogens with one attached hydrogen (secondary N) is 1. The maximum Gasteiger partial charge on any atom is 0.240 e. The normalized spacial score (nSPS) is 17.0. The summed E-state index contributed by atoms with van der Waals surface area (Å²) < 4.78 is 26.8. The average molecular weight is 338 g/mol. The summed E-state index contributed by atoms with van der Waals surface area (Å²) in [7, 11) is -3.43. The monoisotopic (exact) mass is 338 g/mol. The van der Waals surface area contributed by atoms with Gasteiger partial charge in [-0.25, -0.2) is 13.1 Å². The van der Waals surface area contributed by atoms with Crippen LogP contribution >= 0.6 is 0 Å². The number of nitrogens with zero attached hydrogens (tertiary/aromatic N) is 1. The molecule has 0 spiro atoms. The van der Waals surface area contributed by atoms with E-state index in [2.05, 4.69) is 4.72 Å². The van der Waals surface area contributed by atoms with Crippen molar-refractivity contribution in [1.29, 1.82) is 0 Å². The van der Waals surface area contributed by atoms with Crippen molar-refractivity contribution in [2.24, 2.45) is 0 Å². The molecule has 0 radical (unpaired) electrons. The van der Waals surface area contributed by atoms with Crippen LogP contribution in [0.5, 0.6) is 0 Å². The molecule has 0 bridgehead atoms. The zero-order valence-electron chi connectivity index (χ0n) is 13.7. The second kappa shape index (κ2) is 8.45. The van der Waals surface area contributed by atoms with E-state index < -0.39 is 16.1 Å². The van der Waals surface area contributed by atoms with Crippen molar-refractivity contribution in [2.75, 3.05) is 18.8 Å². The number of rotatable bonds is 7. The zero-order valence-corrected chi connectivity index (χ0v) is 14.5. The van der Waals surface area contributed by atoms with Crippen molar-refractivity contribution in [3.63, 3.8) is 0 Å². The highest BCUT2D eigenvalue weighted by molar-refractivity contribution is 7.89. The van der Waals surface area contributed by atoms with Gasteiger partial charge in [0.05, 0.1) is 11.8 Å². The van der Waals surface area contributed by atoms with Gasteiger partial charge in [-0.05, 0) is 44.6 Å². The van der Waals surface area contributed by atoms with Crippen LogP contribution in [0, 0.1) is 0 Å². The highest BCUT2D eigenvalue weighted by Crippen LogP contribution is 2.10. The first-order valence-electron chi connectivity index (χ1n) is 8.31. The summed E-state index contributed by atoms with van der Waals surface area (Å²) >= 11 is 0. The summed E-state index contributed by atoms with van der Waals surface area (Å²) in [6.07, 6.45) is 4.41. The number of benzene rings is 1. The number of carbonyl (C=O) groups is 1. The largest absolute Gasteiger partial charge is 0.341 e. The standard InChI is InChI=1S/C17H26N2O3S/c1-15(17(20)19-12-6-3-7-13-19)18-23(21,22)14-8-11-16-9-4-2-5-10-16/h2,4-5,9-10,15,18H,3,6-8,11-14H2,1H3/t15-/m1/s1. The molecule has 1 aromatic carbocycles. The van der Waals surface area contributed by atoms with Gasteiger partial charge in [0.15, 0.2) is 0 Å². The Morgan fingerprint density at radius 2 is 1.83 bits per heavy atom. The van der Waals surface area contributed by atoms with E-state index in [1.54, 1.807) is 11.8 Å². The minimum absolute atomic E-state index is 0.0412. The fourth-order valence-corrected chi connectivity index (χ4v) is 4.16. The lowest BCUT2D eigenvalue weighted by atomic mass is 10.1. The van der Waals surface area contributed by atoms with Crippen LogP contribution < -0.4 is 4.72 Å². The summed E-state index contributed by atoms with van der Waals surface area (Å²) in [5.74, 6) is -0.0733. The van der Waals surface area contributed by atoms with Gasteiger partial charge in [-0.3, -0.25) is 4.79 Å². The molecule has 5 nitrogen and oxygen atoms in total. The van der Waals surface area contributed by atoms with Crippen LogP contribution in [0.3, 0.4) is 0 Å². The van der Waals surface area contributed by atoms with Crippen molar-refractivity contribution in [3.05, 3.63) is 35.9 Å².